The molecule has 5 aromatic rings. The van der Waals surface area contributed by atoms with Gasteiger partial charge in [0.1, 0.15) is 5.01 Å². The first-order valence-electron chi connectivity index (χ1n) is 7.70. The Bertz CT molecular complexity index is 1190. The van der Waals surface area contributed by atoms with Crippen LogP contribution in [0.3, 0.4) is 0 Å². The lowest BCUT2D eigenvalue weighted by Crippen LogP contribution is -1.83. The average Bonchev–Trinajstić information content (AvgIpc) is 3.27. The molecule has 0 unspecified atom stereocenters. The van der Waals surface area contributed by atoms with Crippen molar-refractivity contribution in [3.8, 4) is 21.8 Å². The van der Waals surface area contributed by atoms with Gasteiger partial charge in [-0.05, 0) is 30.3 Å². The van der Waals surface area contributed by atoms with Gasteiger partial charge in [-0.15, -0.1) is 0 Å². The first-order chi connectivity index (χ1) is 12.2. The van der Waals surface area contributed by atoms with Gasteiger partial charge < -0.3 is 4.57 Å². The topological polar surface area (TPSA) is 48.0 Å². The first kappa shape index (κ1) is 14.6. The Morgan fingerprint density at radius 3 is 2.72 bits per heavy atom. The molecule has 0 spiro atoms. The van der Waals surface area contributed by atoms with Crippen molar-refractivity contribution in [2.45, 2.75) is 0 Å². The highest BCUT2D eigenvalue weighted by molar-refractivity contribution is 7.20. The SMILES string of the molecule is Cn1cc(-c2nn3cc(-c4ccncc4)nc3s2)c2cc(Cl)ccc21. The predicted molar refractivity (Wildman–Crippen MR) is 101 cm³/mol. The Labute approximate surface area is 152 Å². The van der Waals surface area contributed by atoms with E-state index in [9.17, 15) is 0 Å². The fraction of sp³-hybridized carbons (Fsp3) is 0.0556. The lowest BCUT2D eigenvalue weighted by atomic mass is 10.2. The molecule has 0 fully saturated rings. The van der Waals surface area contributed by atoms with E-state index >= 15 is 0 Å². The summed E-state index contributed by atoms with van der Waals surface area (Å²) >= 11 is 7.75. The van der Waals surface area contributed by atoms with E-state index in [2.05, 4.69) is 15.7 Å². The second kappa shape index (κ2) is 5.40. The number of aromatic nitrogens is 5. The zero-order valence-electron chi connectivity index (χ0n) is 13.2. The number of hydrogen-bond acceptors (Lipinski definition) is 4. The van der Waals surface area contributed by atoms with Crippen LogP contribution >= 0.6 is 22.9 Å². The summed E-state index contributed by atoms with van der Waals surface area (Å²) in [5, 5.41) is 7.47. The van der Waals surface area contributed by atoms with Crippen LogP contribution in [0.15, 0.2) is 55.1 Å². The molecule has 0 aliphatic heterocycles. The van der Waals surface area contributed by atoms with E-state index in [1.54, 1.807) is 23.7 Å². The van der Waals surface area contributed by atoms with Crippen molar-refractivity contribution in [2.75, 3.05) is 0 Å². The van der Waals surface area contributed by atoms with Crippen molar-refractivity contribution >= 4 is 38.8 Å². The number of halogens is 1. The van der Waals surface area contributed by atoms with Crippen LogP contribution in [0.5, 0.6) is 0 Å². The number of rotatable bonds is 2. The van der Waals surface area contributed by atoms with Crippen LogP contribution in [0.2, 0.25) is 5.02 Å². The second-order valence-electron chi connectivity index (χ2n) is 5.81. The van der Waals surface area contributed by atoms with Gasteiger partial charge in [0, 0.05) is 52.7 Å². The van der Waals surface area contributed by atoms with Crippen molar-refractivity contribution in [3.63, 3.8) is 0 Å². The molecule has 4 heterocycles. The summed E-state index contributed by atoms with van der Waals surface area (Å²) in [5.74, 6) is 0. The molecule has 0 saturated carbocycles. The fourth-order valence-corrected chi connectivity index (χ4v) is 4.08. The number of fused-ring (bicyclic) bond motifs is 2. The van der Waals surface area contributed by atoms with Crippen LogP contribution in [-0.4, -0.2) is 24.1 Å². The maximum Gasteiger partial charge on any atom is 0.213 e. The highest BCUT2D eigenvalue weighted by atomic mass is 35.5. The lowest BCUT2D eigenvalue weighted by molar-refractivity contribution is 0.961. The zero-order chi connectivity index (χ0) is 17.0. The highest BCUT2D eigenvalue weighted by Gasteiger charge is 2.15. The summed E-state index contributed by atoms with van der Waals surface area (Å²) in [4.78, 5) is 9.60. The molecule has 0 N–H and O–H groups in total. The van der Waals surface area contributed by atoms with Crippen LogP contribution in [0.4, 0.5) is 0 Å². The number of pyridine rings is 1. The molecule has 122 valence electrons. The highest BCUT2D eigenvalue weighted by Crippen LogP contribution is 2.35. The minimum Gasteiger partial charge on any atom is -0.350 e. The van der Waals surface area contributed by atoms with Gasteiger partial charge >= 0.3 is 0 Å². The summed E-state index contributed by atoms with van der Waals surface area (Å²) in [5.41, 5.74) is 4.13. The minimum atomic E-state index is 0.723. The maximum absolute atomic E-state index is 6.18. The number of aryl methyl sites for hydroxylation is 1. The Morgan fingerprint density at radius 1 is 1.08 bits per heavy atom. The van der Waals surface area contributed by atoms with Gasteiger partial charge in [-0.2, -0.15) is 5.10 Å². The summed E-state index contributed by atoms with van der Waals surface area (Å²) in [6.07, 6.45) is 7.56. The largest absolute Gasteiger partial charge is 0.350 e. The third kappa shape index (κ3) is 2.33. The molecule has 0 aliphatic carbocycles. The van der Waals surface area contributed by atoms with Crippen molar-refractivity contribution in [2.24, 2.45) is 7.05 Å². The fourth-order valence-electron chi connectivity index (χ4n) is 3.01. The van der Waals surface area contributed by atoms with E-state index in [4.69, 9.17) is 21.7 Å². The normalized spacial score (nSPS) is 11.6. The molecule has 0 aliphatic rings. The van der Waals surface area contributed by atoms with Crippen LogP contribution in [0.25, 0.3) is 37.7 Å². The molecule has 0 bridgehead atoms. The molecule has 0 radical (unpaired) electrons. The summed E-state index contributed by atoms with van der Waals surface area (Å²) in [6.45, 7) is 0. The Balaban J connectivity index is 1.65. The minimum absolute atomic E-state index is 0.723. The van der Waals surface area contributed by atoms with E-state index in [-0.39, 0.29) is 0 Å². The maximum atomic E-state index is 6.18. The molecule has 0 saturated heterocycles. The van der Waals surface area contributed by atoms with Gasteiger partial charge in [-0.1, -0.05) is 22.9 Å². The molecular weight excluding hydrogens is 354 g/mol. The van der Waals surface area contributed by atoms with Crippen molar-refractivity contribution < 1.29 is 0 Å². The molecular formula is C18H12ClN5S. The Morgan fingerprint density at radius 2 is 1.92 bits per heavy atom. The molecule has 0 atom stereocenters. The van der Waals surface area contributed by atoms with E-state index in [1.807, 2.05) is 48.1 Å². The predicted octanol–water partition coefficient (Wildman–Crippen LogP) is 4.66. The molecule has 7 heteroatoms. The van der Waals surface area contributed by atoms with Crippen LogP contribution in [-0.2, 0) is 7.05 Å². The molecule has 0 amide bonds. The van der Waals surface area contributed by atoms with Crippen molar-refractivity contribution in [1.82, 2.24) is 24.1 Å². The van der Waals surface area contributed by atoms with Gasteiger partial charge in [0.25, 0.3) is 0 Å². The smallest absolute Gasteiger partial charge is 0.213 e. The second-order valence-corrected chi connectivity index (χ2v) is 7.20. The van der Waals surface area contributed by atoms with E-state index in [0.717, 1.165) is 42.7 Å². The molecule has 25 heavy (non-hydrogen) atoms. The van der Waals surface area contributed by atoms with E-state index < -0.39 is 0 Å². The van der Waals surface area contributed by atoms with E-state index in [1.165, 1.54) is 0 Å². The van der Waals surface area contributed by atoms with Crippen LogP contribution in [0, 0.1) is 0 Å². The van der Waals surface area contributed by atoms with Gasteiger partial charge in [-0.25, -0.2) is 9.50 Å². The molecule has 4 aromatic heterocycles. The Hall–Kier alpha value is -2.70. The van der Waals surface area contributed by atoms with Crippen LogP contribution < -0.4 is 0 Å². The number of nitrogens with zero attached hydrogens (tertiary/aromatic N) is 5. The molecule has 5 nitrogen and oxygen atoms in total. The molecule has 1 aromatic carbocycles. The van der Waals surface area contributed by atoms with Crippen molar-refractivity contribution in [3.05, 3.63) is 60.1 Å². The lowest BCUT2D eigenvalue weighted by Gasteiger charge is -1.96. The van der Waals surface area contributed by atoms with Gasteiger partial charge in [0.15, 0.2) is 0 Å². The number of hydrogen-bond donors (Lipinski definition) is 0. The van der Waals surface area contributed by atoms with Gasteiger partial charge in [-0.3, -0.25) is 4.98 Å². The Kier molecular flexibility index (Phi) is 3.16. The van der Waals surface area contributed by atoms with E-state index in [0.29, 0.717) is 0 Å². The zero-order valence-corrected chi connectivity index (χ0v) is 14.8. The first-order valence-corrected chi connectivity index (χ1v) is 8.90. The van der Waals surface area contributed by atoms with Gasteiger partial charge in [0.05, 0.1) is 11.9 Å². The van der Waals surface area contributed by atoms with Gasteiger partial charge in [0.2, 0.25) is 4.96 Å². The third-order valence-corrected chi connectivity index (χ3v) is 5.39. The van der Waals surface area contributed by atoms with Crippen molar-refractivity contribution in [1.29, 1.82) is 0 Å². The third-order valence-electron chi connectivity index (χ3n) is 4.20. The quantitative estimate of drug-likeness (QED) is 0.457. The monoisotopic (exact) mass is 365 g/mol. The number of imidazole rings is 1. The standard InChI is InChI=1S/C18H12ClN5S/c1-23-9-14(13-8-12(19)2-3-16(13)23)17-22-24-10-15(21-18(24)25-17)11-4-6-20-7-5-11/h2-10H,1H3. The summed E-state index contributed by atoms with van der Waals surface area (Å²) in [6, 6.07) is 9.81. The summed E-state index contributed by atoms with van der Waals surface area (Å²) < 4.78 is 3.92. The molecule has 5 rings (SSSR count). The number of benzene rings is 1. The summed E-state index contributed by atoms with van der Waals surface area (Å²) in [7, 11) is 2.03. The van der Waals surface area contributed by atoms with Crippen LogP contribution in [0.1, 0.15) is 0 Å². The average molecular weight is 366 g/mol.